The fraction of sp³-hybridized carbons (Fsp3) is 0.440. The lowest BCUT2D eigenvalue weighted by molar-refractivity contribution is -0.125. The summed E-state index contributed by atoms with van der Waals surface area (Å²) >= 11 is 1.66. The van der Waals surface area contributed by atoms with Crippen LogP contribution in [0, 0.1) is 12.8 Å². The van der Waals surface area contributed by atoms with Crippen molar-refractivity contribution in [2.24, 2.45) is 5.92 Å². The molecular formula is C25H32N4O3S. The van der Waals surface area contributed by atoms with Crippen LogP contribution in [0.3, 0.4) is 0 Å². The molecular weight excluding hydrogens is 436 g/mol. The summed E-state index contributed by atoms with van der Waals surface area (Å²) in [5, 5.41) is 6.59. The van der Waals surface area contributed by atoms with Crippen molar-refractivity contribution >= 4 is 23.5 Å². The molecule has 1 amide bonds. The first-order valence-corrected chi connectivity index (χ1v) is 12.1. The van der Waals surface area contributed by atoms with Crippen molar-refractivity contribution < 1.29 is 14.1 Å². The average Bonchev–Trinajstić information content (AvgIpc) is 3.56. The monoisotopic (exact) mass is 468 g/mol. The van der Waals surface area contributed by atoms with E-state index < -0.39 is 0 Å². The summed E-state index contributed by atoms with van der Waals surface area (Å²) in [6, 6.07) is 10.1. The molecule has 0 bridgehead atoms. The summed E-state index contributed by atoms with van der Waals surface area (Å²) in [4.78, 5) is 30.3. The predicted molar refractivity (Wildman–Crippen MR) is 130 cm³/mol. The van der Waals surface area contributed by atoms with Gasteiger partial charge in [0.2, 0.25) is 5.91 Å². The molecule has 3 heterocycles. The summed E-state index contributed by atoms with van der Waals surface area (Å²) < 4.78 is 4.87. The molecule has 2 unspecified atom stereocenters. The van der Waals surface area contributed by atoms with Gasteiger partial charge in [-0.05, 0) is 50.4 Å². The highest BCUT2D eigenvalue weighted by Crippen LogP contribution is 2.27. The van der Waals surface area contributed by atoms with E-state index in [-0.39, 0.29) is 23.8 Å². The second-order valence-corrected chi connectivity index (χ2v) is 9.50. The van der Waals surface area contributed by atoms with Crippen molar-refractivity contribution in [2.75, 3.05) is 13.6 Å². The van der Waals surface area contributed by atoms with Crippen LogP contribution in [0.5, 0.6) is 0 Å². The van der Waals surface area contributed by atoms with Gasteiger partial charge in [-0.1, -0.05) is 43.3 Å². The van der Waals surface area contributed by atoms with Crippen LogP contribution < -0.4 is 5.32 Å². The maximum atomic E-state index is 12.2. The average molecular weight is 469 g/mol. The van der Waals surface area contributed by atoms with Gasteiger partial charge in [0.15, 0.2) is 0 Å². The fourth-order valence-electron chi connectivity index (χ4n) is 3.85. The Morgan fingerprint density at radius 1 is 1.30 bits per heavy atom. The zero-order valence-electron chi connectivity index (χ0n) is 19.7. The molecule has 0 radical (unpaired) electrons. The minimum atomic E-state index is -0.155. The van der Waals surface area contributed by atoms with Gasteiger partial charge in [-0.3, -0.25) is 9.69 Å². The SMILES string of the molecule is CC(C)C(C=O)c1ccno1.Cc1ncsc1-c1ccc(CNC(=O)C2CCCN2C)cc1. The van der Waals surface area contributed by atoms with Gasteiger partial charge in [0, 0.05) is 12.6 Å². The molecule has 0 spiro atoms. The number of nitrogens with zero attached hydrogens (tertiary/aromatic N) is 3. The van der Waals surface area contributed by atoms with E-state index in [1.807, 2.05) is 33.3 Å². The number of carbonyl (C=O) groups is 2. The molecule has 1 saturated heterocycles. The van der Waals surface area contributed by atoms with Crippen molar-refractivity contribution in [3.05, 3.63) is 59.1 Å². The highest BCUT2D eigenvalue weighted by Gasteiger charge is 2.27. The van der Waals surface area contributed by atoms with Crippen LogP contribution in [0.15, 0.2) is 46.6 Å². The number of nitrogens with one attached hydrogen (secondary N) is 1. The van der Waals surface area contributed by atoms with E-state index >= 15 is 0 Å². The minimum Gasteiger partial charge on any atom is -0.361 e. The van der Waals surface area contributed by atoms with Gasteiger partial charge in [-0.15, -0.1) is 11.3 Å². The molecule has 1 aliphatic rings. The molecule has 1 fully saturated rings. The topological polar surface area (TPSA) is 88.3 Å². The maximum Gasteiger partial charge on any atom is 0.237 e. The Labute approximate surface area is 199 Å². The first kappa shape index (κ1) is 24.8. The molecule has 7 nitrogen and oxygen atoms in total. The summed E-state index contributed by atoms with van der Waals surface area (Å²) in [6.45, 7) is 7.58. The van der Waals surface area contributed by atoms with E-state index in [4.69, 9.17) is 4.52 Å². The molecule has 4 rings (SSSR count). The number of rotatable bonds is 7. The third-order valence-corrected chi connectivity index (χ3v) is 6.88. The van der Waals surface area contributed by atoms with Crippen molar-refractivity contribution in [3.63, 3.8) is 0 Å². The van der Waals surface area contributed by atoms with Gasteiger partial charge < -0.3 is 14.6 Å². The quantitative estimate of drug-likeness (QED) is 0.516. The number of aryl methyl sites for hydroxylation is 1. The lowest BCUT2D eigenvalue weighted by atomic mass is 9.95. The summed E-state index contributed by atoms with van der Waals surface area (Å²) in [7, 11) is 2.02. The molecule has 3 aromatic rings. The van der Waals surface area contributed by atoms with E-state index in [0.717, 1.165) is 36.9 Å². The van der Waals surface area contributed by atoms with Gasteiger partial charge >= 0.3 is 0 Å². The lowest BCUT2D eigenvalue weighted by Crippen LogP contribution is -2.41. The zero-order chi connectivity index (χ0) is 23.8. The molecule has 0 aliphatic carbocycles. The van der Waals surface area contributed by atoms with E-state index in [1.54, 1.807) is 23.6 Å². The Hall–Kier alpha value is -2.84. The van der Waals surface area contributed by atoms with Crippen LogP contribution in [0.1, 0.15) is 49.6 Å². The lowest BCUT2D eigenvalue weighted by Gasteiger charge is -2.18. The van der Waals surface area contributed by atoms with Gasteiger partial charge in [-0.2, -0.15) is 0 Å². The Morgan fingerprint density at radius 2 is 2.06 bits per heavy atom. The number of amides is 1. The number of carbonyl (C=O) groups excluding carboxylic acids is 2. The number of likely N-dealkylation sites (tertiary alicyclic amines) is 1. The van der Waals surface area contributed by atoms with E-state index in [1.165, 1.54) is 10.4 Å². The molecule has 1 aromatic carbocycles. The Balaban J connectivity index is 0.000000235. The van der Waals surface area contributed by atoms with Crippen LogP contribution in [0.25, 0.3) is 10.4 Å². The zero-order valence-corrected chi connectivity index (χ0v) is 20.5. The Bertz CT molecular complexity index is 1010. The largest absolute Gasteiger partial charge is 0.361 e. The third-order valence-electron chi connectivity index (χ3n) is 5.90. The summed E-state index contributed by atoms with van der Waals surface area (Å²) in [6.07, 6.45) is 4.52. The van der Waals surface area contributed by atoms with Crippen LogP contribution in [-0.4, -0.2) is 46.9 Å². The second-order valence-electron chi connectivity index (χ2n) is 8.64. The highest BCUT2D eigenvalue weighted by molar-refractivity contribution is 7.13. The standard InChI is InChI=1S/C17H21N3OS.C8H11NO2/c1-12-16(22-11-19-12)14-7-5-13(6-8-14)10-18-17(21)15-4-3-9-20(15)2;1-6(2)7(5-10)8-3-4-9-11-8/h5-8,11,15H,3-4,9-10H2,1-2H3,(H,18,21);3-7H,1-2H3. The number of aromatic nitrogens is 2. The molecule has 1 N–H and O–H groups in total. The molecule has 33 heavy (non-hydrogen) atoms. The molecule has 8 heteroatoms. The number of benzene rings is 1. The smallest absolute Gasteiger partial charge is 0.237 e. The molecule has 2 atom stereocenters. The molecule has 0 saturated carbocycles. The number of aldehydes is 1. The van der Waals surface area contributed by atoms with E-state index in [2.05, 4.69) is 44.6 Å². The van der Waals surface area contributed by atoms with Gasteiger partial charge in [0.1, 0.15) is 12.0 Å². The summed E-state index contributed by atoms with van der Waals surface area (Å²) in [5.41, 5.74) is 5.25. The first-order chi connectivity index (χ1) is 15.9. The predicted octanol–water partition coefficient (Wildman–Crippen LogP) is 4.44. The summed E-state index contributed by atoms with van der Waals surface area (Å²) in [5.74, 6) is 0.898. The number of thiazole rings is 1. The highest BCUT2D eigenvalue weighted by atomic mass is 32.1. The van der Waals surface area contributed by atoms with Crippen LogP contribution in [0.2, 0.25) is 0 Å². The van der Waals surface area contributed by atoms with Gasteiger partial charge in [0.25, 0.3) is 0 Å². The third kappa shape index (κ3) is 6.58. The second kappa shape index (κ2) is 11.9. The van der Waals surface area contributed by atoms with Gasteiger partial charge in [-0.25, -0.2) is 4.98 Å². The van der Waals surface area contributed by atoms with Crippen LogP contribution in [-0.2, 0) is 16.1 Å². The van der Waals surface area contributed by atoms with Crippen LogP contribution in [0.4, 0.5) is 0 Å². The normalized spacial score (nSPS) is 16.8. The Morgan fingerprint density at radius 3 is 2.58 bits per heavy atom. The number of hydrogen-bond donors (Lipinski definition) is 1. The van der Waals surface area contributed by atoms with Crippen molar-refractivity contribution in [1.29, 1.82) is 0 Å². The fourth-order valence-corrected chi connectivity index (χ4v) is 4.66. The van der Waals surface area contributed by atoms with Gasteiger partial charge in [0.05, 0.1) is 34.2 Å². The van der Waals surface area contributed by atoms with E-state index in [9.17, 15) is 9.59 Å². The Kier molecular flexibility index (Phi) is 8.91. The van der Waals surface area contributed by atoms with Crippen molar-refractivity contribution in [2.45, 2.75) is 52.1 Å². The first-order valence-electron chi connectivity index (χ1n) is 11.2. The number of likely N-dealkylation sites (N-methyl/N-ethyl adjacent to an activating group) is 1. The van der Waals surface area contributed by atoms with Crippen LogP contribution >= 0.6 is 11.3 Å². The molecule has 176 valence electrons. The molecule has 2 aromatic heterocycles. The van der Waals surface area contributed by atoms with Crippen molar-refractivity contribution in [3.8, 4) is 10.4 Å². The maximum absolute atomic E-state index is 12.2. The molecule has 1 aliphatic heterocycles. The number of hydrogen-bond acceptors (Lipinski definition) is 7. The van der Waals surface area contributed by atoms with Crippen molar-refractivity contribution in [1.82, 2.24) is 20.4 Å². The van der Waals surface area contributed by atoms with E-state index in [0.29, 0.717) is 12.3 Å². The minimum absolute atomic E-state index is 0.0408.